The molecule has 0 unspecified atom stereocenters. The first-order chi connectivity index (χ1) is 12.8. The first kappa shape index (κ1) is 19.1. The van der Waals surface area contributed by atoms with Gasteiger partial charge in [0.15, 0.2) is 0 Å². The van der Waals surface area contributed by atoms with Crippen molar-refractivity contribution in [2.24, 2.45) is 4.40 Å². The van der Waals surface area contributed by atoms with Crippen molar-refractivity contribution < 1.29 is 13.2 Å². The molecule has 0 saturated heterocycles. The quantitative estimate of drug-likeness (QED) is 0.845. The van der Waals surface area contributed by atoms with Crippen LogP contribution in [0, 0.1) is 6.92 Å². The van der Waals surface area contributed by atoms with Gasteiger partial charge < -0.3 is 5.32 Å². The van der Waals surface area contributed by atoms with Crippen LogP contribution in [0.5, 0.6) is 0 Å². The molecule has 2 aromatic rings. The third-order valence-electron chi connectivity index (χ3n) is 4.05. The lowest BCUT2D eigenvalue weighted by Gasteiger charge is -2.23. The molecule has 0 saturated carbocycles. The van der Waals surface area contributed by atoms with Gasteiger partial charge in [0.05, 0.1) is 17.8 Å². The average molecular weight is 404 g/mol. The van der Waals surface area contributed by atoms with Crippen LogP contribution in [0.1, 0.15) is 18.1 Å². The van der Waals surface area contributed by atoms with Gasteiger partial charge in [-0.25, -0.2) is 0 Å². The zero-order valence-corrected chi connectivity index (χ0v) is 16.4. The third kappa shape index (κ3) is 4.37. The van der Waals surface area contributed by atoms with Gasteiger partial charge in [0.2, 0.25) is 0 Å². The zero-order chi connectivity index (χ0) is 19.6. The van der Waals surface area contributed by atoms with Gasteiger partial charge in [-0.3, -0.25) is 9.10 Å². The number of anilines is 1. The van der Waals surface area contributed by atoms with Gasteiger partial charge in [-0.2, -0.15) is 8.42 Å². The van der Waals surface area contributed by atoms with E-state index in [9.17, 15) is 13.2 Å². The van der Waals surface area contributed by atoms with E-state index >= 15 is 0 Å². The highest BCUT2D eigenvalue weighted by Crippen LogP contribution is 2.22. The van der Waals surface area contributed by atoms with Crippen LogP contribution < -0.4 is 5.32 Å². The molecule has 0 atom stereocenters. The van der Waals surface area contributed by atoms with Crippen molar-refractivity contribution in [3.05, 3.63) is 76.5 Å². The van der Waals surface area contributed by atoms with Gasteiger partial charge in [-0.05, 0) is 43.2 Å². The number of amides is 1. The second-order valence-electron chi connectivity index (χ2n) is 6.15. The summed E-state index contributed by atoms with van der Waals surface area (Å²) >= 11 is 6.00. The van der Waals surface area contributed by atoms with Crippen molar-refractivity contribution in [1.29, 1.82) is 0 Å². The molecule has 0 aliphatic carbocycles. The fourth-order valence-corrected chi connectivity index (χ4v) is 3.83. The van der Waals surface area contributed by atoms with E-state index < -0.39 is 16.1 Å². The standard InChI is InChI=1S/C19H18ClN3O3S/c1-13-10-16(8-9-18(13)20)21-19(24)17-12-23(27(25,26)22-14(17)2)11-15-6-4-3-5-7-15/h3-10,12H,11H2,1-2H3,(H,21,24). The summed E-state index contributed by atoms with van der Waals surface area (Å²) in [5, 5.41) is 3.35. The minimum absolute atomic E-state index is 0.0940. The molecule has 0 aromatic heterocycles. The molecular formula is C19H18ClN3O3S. The number of carbonyl (C=O) groups is 1. The SMILES string of the molecule is CC1=NS(=O)(=O)N(Cc2ccccc2)C=C1C(=O)Nc1ccc(Cl)c(C)c1. The van der Waals surface area contributed by atoms with Crippen LogP contribution in [0.3, 0.4) is 0 Å². The summed E-state index contributed by atoms with van der Waals surface area (Å²) in [7, 11) is -3.88. The number of hydrogen-bond acceptors (Lipinski definition) is 3. The molecule has 1 aliphatic heterocycles. The maximum absolute atomic E-state index is 12.7. The van der Waals surface area contributed by atoms with Crippen molar-refractivity contribution in [3.8, 4) is 0 Å². The number of nitrogens with one attached hydrogen (secondary N) is 1. The largest absolute Gasteiger partial charge is 0.344 e. The third-order valence-corrected chi connectivity index (χ3v) is 5.81. The Morgan fingerprint density at radius 3 is 2.52 bits per heavy atom. The highest BCUT2D eigenvalue weighted by molar-refractivity contribution is 7.88. The van der Waals surface area contributed by atoms with Crippen molar-refractivity contribution in [2.75, 3.05) is 5.32 Å². The van der Waals surface area contributed by atoms with E-state index in [-0.39, 0.29) is 17.8 Å². The van der Waals surface area contributed by atoms with Gasteiger partial charge in [0, 0.05) is 16.9 Å². The monoisotopic (exact) mass is 403 g/mol. The normalized spacial score (nSPS) is 15.7. The number of hydrogen-bond donors (Lipinski definition) is 1. The van der Waals surface area contributed by atoms with Crippen molar-refractivity contribution >= 4 is 39.1 Å². The Labute approximate surface area is 163 Å². The summed E-state index contributed by atoms with van der Waals surface area (Å²) in [5.74, 6) is -0.439. The molecule has 1 heterocycles. The van der Waals surface area contributed by atoms with Crippen LogP contribution in [0.2, 0.25) is 5.02 Å². The van der Waals surface area contributed by atoms with Crippen molar-refractivity contribution in [1.82, 2.24) is 4.31 Å². The van der Waals surface area contributed by atoms with Crippen LogP contribution in [0.4, 0.5) is 5.69 Å². The van der Waals surface area contributed by atoms with E-state index in [2.05, 4.69) is 9.71 Å². The van der Waals surface area contributed by atoms with Gasteiger partial charge >= 0.3 is 10.2 Å². The summed E-state index contributed by atoms with van der Waals surface area (Å²) in [6.45, 7) is 3.42. The second kappa shape index (κ2) is 7.54. The van der Waals surface area contributed by atoms with Crippen molar-refractivity contribution in [2.45, 2.75) is 20.4 Å². The molecule has 0 bridgehead atoms. The Morgan fingerprint density at radius 2 is 1.85 bits per heavy atom. The minimum Gasteiger partial charge on any atom is -0.322 e. The van der Waals surface area contributed by atoms with E-state index in [0.717, 1.165) is 15.4 Å². The smallest absolute Gasteiger partial charge is 0.322 e. The maximum Gasteiger partial charge on any atom is 0.344 e. The number of aryl methyl sites for hydroxylation is 1. The Balaban J connectivity index is 1.87. The average Bonchev–Trinajstić information content (AvgIpc) is 2.61. The Bertz CT molecular complexity index is 1050. The molecular weight excluding hydrogens is 386 g/mol. The zero-order valence-electron chi connectivity index (χ0n) is 14.8. The molecule has 6 nitrogen and oxygen atoms in total. The number of rotatable bonds is 4. The van der Waals surface area contributed by atoms with Crippen LogP contribution in [-0.4, -0.2) is 24.3 Å². The van der Waals surface area contributed by atoms with Crippen LogP contribution in [-0.2, 0) is 21.5 Å². The number of halogens is 1. The lowest BCUT2D eigenvalue weighted by Crippen LogP contribution is -2.32. The molecule has 1 amide bonds. The van der Waals surface area contributed by atoms with Crippen molar-refractivity contribution in [3.63, 3.8) is 0 Å². The Kier molecular flexibility index (Phi) is 5.34. The Hall–Kier alpha value is -2.64. The summed E-state index contributed by atoms with van der Waals surface area (Å²) in [6.07, 6.45) is 1.32. The van der Waals surface area contributed by atoms with Crippen LogP contribution in [0.25, 0.3) is 0 Å². The fraction of sp³-hybridized carbons (Fsp3) is 0.158. The van der Waals surface area contributed by atoms with Crippen LogP contribution >= 0.6 is 11.6 Å². The van der Waals surface area contributed by atoms with Gasteiger partial charge in [0.1, 0.15) is 0 Å². The fourth-order valence-electron chi connectivity index (χ4n) is 2.61. The highest BCUT2D eigenvalue weighted by atomic mass is 35.5. The topological polar surface area (TPSA) is 78.8 Å². The molecule has 0 spiro atoms. The van der Waals surface area contributed by atoms with E-state index in [1.165, 1.54) is 13.1 Å². The summed E-state index contributed by atoms with van der Waals surface area (Å²) in [4.78, 5) is 12.7. The first-order valence-electron chi connectivity index (χ1n) is 8.18. The molecule has 0 fully saturated rings. The van der Waals surface area contributed by atoms with E-state index in [0.29, 0.717) is 10.7 Å². The predicted octanol–water partition coefficient (Wildman–Crippen LogP) is 3.69. The summed E-state index contributed by atoms with van der Waals surface area (Å²) < 4.78 is 29.5. The molecule has 0 radical (unpaired) electrons. The second-order valence-corrected chi connectivity index (χ2v) is 8.10. The molecule has 27 heavy (non-hydrogen) atoms. The lowest BCUT2D eigenvalue weighted by molar-refractivity contribution is -0.112. The van der Waals surface area contributed by atoms with Gasteiger partial charge in [0.25, 0.3) is 5.91 Å². The molecule has 2 aromatic carbocycles. The highest BCUT2D eigenvalue weighted by Gasteiger charge is 2.28. The molecule has 8 heteroatoms. The minimum atomic E-state index is -3.88. The summed E-state index contributed by atoms with van der Waals surface area (Å²) in [6, 6.07) is 14.2. The lowest BCUT2D eigenvalue weighted by atomic mass is 10.1. The summed E-state index contributed by atoms with van der Waals surface area (Å²) in [5.41, 5.74) is 2.51. The number of nitrogens with zero attached hydrogens (tertiary/aromatic N) is 2. The molecule has 140 valence electrons. The van der Waals surface area contributed by atoms with Gasteiger partial charge in [-0.1, -0.05) is 41.9 Å². The predicted molar refractivity (Wildman–Crippen MR) is 107 cm³/mol. The van der Waals surface area contributed by atoms with E-state index in [1.807, 2.05) is 37.3 Å². The Morgan fingerprint density at radius 1 is 1.15 bits per heavy atom. The molecule has 3 rings (SSSR count). The first-order valence-corrected chi connectivity index (χ1v) is 9.96. The molecule has 1 aliphatic rings. The number of carbonyl (C=O) groups excluding carboxylic acids is 1. The molecule has 1 N–H and O–H groups in total. The van der Waals surface area contributed by atoms with Crippen LogP contribution in [0.15, 0.2) is 64.7 Å². The van der Waals surface area contributed by atoms with Gasteiger partial charge in [-0.15, -0.1) is 4.40 Å². The number of benzene rings is 2. The van der Waals surface area contributed by atoms with E-state index in [4.69, 9.17) is 11.6 Å². The maximum atomic E-state index is 12.7. The van der Waals surface area contributed by atoms with E-state index in [1.54, 1.807) is 18.2 Å².